The van der Waals surface area contributed by atoms with Gasteiger partial charge in [-0.25, -0.2) is 4.99 Å². The van der Waals surface area contributed by atoms with Crippen LogP contribution >= 0.6 is 39.3 Å². The third-order valence-corrected chi connectivity index (χ3v) is 8.05. The zero-order chi connectivity index (χ0) is 26.5. The van der Waals surface area contributed by atoms with Gasteiger partial charge in [-0.3, -0.25) is 4.79 Å². The molecule has 8 heteroatoms. The van der Waals surface area contributed by atoms with Gasteiger partial charge < -0.3 is 14.8 Å². The van der Waals surface area contributed by atoms with E-state index < -0.39 is 0 Å². The number of carbonyl (C=O) groups is 1. The second-order valence-corrected chi connectivity index (χ2v) is 10.8. The highest BCUT2D eigenvalue weighted by molar-refractivity contribution is 9.10. The van der Waals surface area contributed by atoms with Crippen LogP contribution in [0.4, 0.5) is 5.69 Å². The lowest BCUT2D eigenvalue weighted by Crippen LogP contribution is -2.19. The number of rotatable bonds is 8. The molecule has 1 amide bonds. The van der Waals surface area contributed by atoms with Gasteiger partial charge in [0, 0.05) is 15.1 Å². The Kier molecular flexibility index (Phi) is 8.79. The molecule has 1 aliphatic heterocycles. The molecule has 0 atom stereocenters. The van der Waals surface area contributed by atoms with Crippen LogP contribution in [-0.2, 0) is 17.8 Å². The van der Waals surface area contributed by atoms with E-state index in [0.717, 1.165) is 38.0 Å². The van der Waals surface area contributed by atoms with Gasteiger partial charge in [0.25, 0.3) is 5.91 Å². The van der Waals surface area contributed by atoms with Crippen LogP contribution in [0.2, 0.25) is 5.02 Å². The fourth-order valence-corrected chi connectivity index (χ4v) is 5.06. The zero-order valence-corrected chi connectivity index (χ0v) is 23.9. The smallest absolute Gasteiger partial charge is 0.264 e. The van der Waals surface area contributed by atoms with Crippen molar-refractivity contribution in [3.05, 3.63) is 103 Å². The summed E-state index contributed by atoms with van der Waals surface area (Å²) in [6.07, 6.45) is 4.22. The Labute approximate surface area is 234 Å². The lowest BCUT2D eigenvalue weighted by atomic mass is 10.0. The molecule has 1 fully saturated rings. The van der Waals surface area contributed by atoms with Crippen molar-refractivity contribution in [3.8, 4) is 11.5 Å². The average Bonchev–Trinajstić information content (AvgIpc) is 3.20. The van der Waals surface area contributed by atoms with Crippen LogP contribution in [0, 0.1) is 13.8 Å². The quantitative estimate of drug-likeness (QED) is 0.212. The van der Waals surface area contributed by atoms with E-state index >= 15 is 0 Å². The molecule has 0 spiro atoms. The van der Waals surface area contributed by atoms with Gasteiger partial charge in [0.2, 0.25) is 0 Å². The monoisotopic (exact) mass is 596 g/mol. The summed E-state index contributed by atoms with van der Waals surface area (Å²) in [5, 5.41) is 4.08. The second-order valence-electron chi connectivity index (χ2n) is 8.49. The average molecular weight is 598 g/mol. The molecule has 1 aliphatic rings. The van der Waals surface area contributed by atoms with Crippen LogP contribution in [-0.4, -0.2) is 18.2 Å². The van der Waals surface area contributed by atoms with Crippen LogP contribution in [0.15, 0.2) is 75.6 Å². The maximum absolute atomic E-state index is 12.7. The molecule has 0 unspecified atom stereocenters. The third kappa shape index (κ3) is 6.66. The highest BCUT2D eigenvalue weighted by atomic mass is 79.9. The lowest BCUT2D eigenvalue weighted by molar-refractivity contribution is -0.115. The number of allylic oxidation sites excluding steroid dienone is 1. The molecule has 1 heterocycles. The van der Waals surface area contributed by atoms with E-state index in [0.29, 0.717) is 39.6 Å². The fraction of sp³-hybridized carbons (Fsp3) is 0.172. The Morgan fingerprint density at radius 3 is 2.49 bits per heavy atom. The molecule has 37 heavy (non-hydrogen) atoms. The number of hydrogen-bond donors (Lipinski definition) is 1. The summed E-state index contributed by atoms with van der Waals surface area (Å²) in [5.41, 5.74) is 5.69. The number of halogens is 2. The zero-order valence-electron chi connectivity index (χ0n) is 20.7. The van der Waals surface area contributed by atoms with Crippen LogP contribution in [0.1, 0.15) is 27.8 Å². The summed E-state index contributed by atoms with van der Waals surface area (Å²) < 4.78 is 12.9. The fourth-order valence-electron chi connectivity index (χ4n) is 3.86. The number of methoxy groups -OCH3 is 1. The molecule has 3 aromatic carbocycles. The number of amides is 1. The highest BCUT2D eigenvalue weighted by Gasteiger charge is 2.24. The largest absolute Gasteiger partial charge is 0.493 e. The molecule has 4 rings (SSSR count). The molecule has 0 aromatic heterocycles. The molecule has 0 saturated carbocycles. The minimum absolute atomic E-state index is 0.193. The molecular weight excluding hydrogens is 572 g/mol. The van der Waals surface area contributed by atoms with Crippen molar-refractivity contribution < 1.29 is 14.3 Å². The van der Waals surface area contributed by atoms with Gasteiger partial charge in [0.05, 0.1) is 17.7 Å². The van der Waals surface area contributed by atoms with Gasteiger partial charge in [-0.05, 0) is 96.8 Å². The standard InChI is InChI=1S/C29H26BrClN2O3S/c1-5-6-21-13-20(14-24(35-4)27(21)36-16-19-7-9-22(31)10-8-19)15-25-28(34)33-29(37-25)32-23-11-17(2)26(30)18(3)12-23/h5,7-15H,1,6,16H2,2-4H3,(H,32,33,34)/b25-15-. The van der Waals surface area contributed by atoms with Crippen molar-refractivity contribution in [1.29, 1.82) is 0 Å². The number of amidine groups is 1. The predicted octanol–water partition coefficient (Wildman–Crippen LogP) is 7.93. The van der Waals surface area contributed by atoms with Crippen molar-refractivity contribution in [1.82, 2.24) is 5.32 Å². The minimum atomic E-state index is -0.193. The van der Waals surface area contributed by atoms with Crippen LogP contribution in [0.5, 0.6) is 11.5 Å². The van der Waals surface area contributed by atoms with Crippen LogP contribution in [0.25, 0.3) is 6.08 Å². The highest BCUT2D eigenvalue weighted by Crippen LogP contribution is 2.37. The Morgan fingerprint density at radius 1 is 1.14 bits per heavy atom. The molecule has 5 nitrogen and oxygen atoms in total. The van der Waals surface area contributed by atoms with Gasteiger partial charge in [0.1, 0.15) is 6.61 Å². The van der Waals surface area contributed by atoms with E-state index in [9.17, 15) is 4.79 Å². The maximum atomic E-state index is 12.7. The molecule has 3 aromatic rings. The van der Waals surface area contributed by atoms with Crippen molar-refractivity contribution in [2.75, 3.05) is 7.11 Å². The molecule has 0 aliphatic carbocycles. The summed E-state index contributed by atoms with van der Waals surface area (Å²) >= 11 is 10.9. The minimum Gasteiger partial charge on any atom is -0.493 e. The molecule has 190 valence electrons. The summed E-state index contributed by atoms with van der Waals surface area (Å²) in [5.74, 6) is 1.03. The number of ether oxygens (including phenoxy) is 2. The van der Waals surface area contributed by atoms with Crippen molar-refractivity contribution in [2.24, 2.45) is 4.99 Å². The van der Waals surface area contributed by atoms with Gasteiger partial charge in [-0.15, -0.1) is 6.58 Å². The predicted molar refractivity (Wildman–Crippen MR) is 157 cm³/mol. The molecule has 0 bridgehead atoms. The number of aliphatic imine (C=N–C) groups is 1. The van der Waals surface area contributed by atoms with Gasteiger partial charge in [-0.1, -0.05) is 45.7 Å². The van der Waals surface area contributed by atoms with E-state index in [4.69, 9.17) is 21.1 Å². The van der Waals surface area contributed by atoms with Gasteiger partial charge in [-0.2, -0.15) is 0 Å². The van der Waals surface area contributed by atoms with E-state index in [-0.39, 0.29) is 5.91 Å². The first-order chi connectivity index (χ1) is 17.8. The SMILES string of the molecule is C=CCc1cc(/C=C2\SC(=Nc3cc(C)c(Br)c(C)c3)NC2=O)cc(OC)c1OCc1ccc(Cl)cc1. The van der Waals surface area contributed by atoms with Crippen LogP contribution in [0.3, 0.4) is 0 Å². The molecule has 0 radical (unpaired) electrons. The summed E-state index contributed by atoms with van der Waals surface area (Å²) in [7, 11) is 1.60. The van der Waals surface area contributed by atoms with E-state index in [1.54, 1.807) is 7.11 Å². The van der Waals surface area contributed by atoms with Gasteiger partial charge >= 0.3 is 0 Å². The van der Waals surface area contributed by atoms with E-state index in [2.05, 4.69) is 32.8 Å². The second kappa shape index (κ2) is 12.0. The molecular formula is C29H26BrClN2O3S. The number of thioether (sulfide) groups is 1. The van der Waals surface area contributed by atoms with Crippen molar-refractivity contribution in [3.63, 3.8) is 0 Å². The van der Waals surface area contributed by atoms with E-state index in [1.165, 1.54) is 11.8 Å². The maximum Gasteiger partial charge on any atom is 0.264 e. The third-order valence-electron chi connectivity index (χ3n) is 5.64. The number of hydrogen-bond acceptors (Lipinski definition) is 5. The van der Waals surface area contributed by atoms with E-state index in [1.807, 2.05) is 74.5 Å². The van der Waals surface area contributed by atoms with Crippen LogP contribution < -0.4 is 14.8 Å². The molecule has 1 N–H and O–H groups in total. The number of benzene rings is 3. The Bertz CT molecular complexity index is 1390. The first-order valence-corrected chi connectivity index (χ1v) is 13.5. The summed E-state index contributed by atoms with van der Waals surface area (Å²) in [6, 6.07) is 15.3. The van der Waals surface area contributed by atoms with Crippen molar-refractivity contribution >= 4 is 62.1 Å². The normalized spacial score (nSPS) is 15.2. The Balaban J connectivity index is 1.60. The number of nitrogens with zero attached hydrogens (tertiary/aromatic N) is 1. The molecule has 1 saturated heterocycles. The lowest BCUT2D eigenvalue weighted by Gasteiger charge is -2.16. The topological polar surface area (TPSA) is 59.9 Å². The number of carbonyl (C=O) groups excluding carboxylic acids is 1. The number of aryl methyl sites for hydroxylation is 2. The first kappa shape index (κ1) is 27.0. The Morgan fingerprint density at radius 2 is 1.84 bits per heavy atom. The van der Waals surface area contributed by atoms with Crippen molar-refractivity contribution in [2.45, 2.75) is 26.9 Å². The summed E-state index contributed by atoms with van der Waals surface area (Å²) in [4.78, 5) is 17.9. The Hall–Kier alpha value is -3.00. The van der Waals surface area contributed by atoms with Gasteiger partial charge in [0.15, 0.2) is 16.7 Å². The summed E-state index contributed by atoms with van der Waals surface area (Å²) in [6.45, 7) is 8.28. The number of nitrogens with one attached hydrogen (secondary N) is 1. The first-order valence-electron chi connectivity index (χ1n) is 11.5.